The van der Waals surface area contributed by atoms with Crippen LogP contribution in [0.15, 0.2) is 42.5 Å². The normalized spacial score (nSPS) is 10.3. The summed E-state index contributed by atoms with van der Waals surface area (Å²) in [6.45, 7) is -0.361. The molecule has 148 valence electrons. The smallest absolute Gasteiger partial charge is 0.254 e. The van der Waals surface area contributed by atoms with Gasteiger partial charge in [0.1, 0.15) is 17.5 Å². The van der Waals surface area contributed by atoms with Crippen LogP contribution in [0.1, 0.15) is 16.8 Å². The molecule has 0 radical (unpaired) electrons. The molecule has 0 fully saturated rings. The Morgan fingerprint density at radius 3 is 2.39 bits per heavy atom. The Morgan fingerprint density at radius 2 is 1.71 bits per heavy atom. The van der Waals surface area contributed by atoms with Crippen molar-refractivity contribution in [1.29, 1.82) is 0 Å². The number of amides is 3. The standard InChI is InChI=1S/C19H18F3N3O3/c1-25(11-17(26)24-14-4-2-3-12(20)9-14)18(27)7-8-23-19(28)15-6-5-13(21)10-16(15)22/h2-6,9-10H,7-8,11H2,1H3,(H,23,28)(H,24,26). The van der Waals surface area contributed by atoms with Crippen LogP contribution in [0.3, 0.4) is 0 Å². The molecule has 0 bridgehead atoms. The summed E-state index contributed by atoms with van der Waals surface area (Å²) in [5.74, 6) is -4.04. The van der Waals surface area contributed by atoms with Gasteiger partial charge in [0.25, 0.3) is 5.91 Å². The lowest BCUT2D eigenvalue weighted by Crippen LogP contribution is -2.37. The fraction of sp³-hybridized carbons (Fsp3) is 0.211. The van der Waals surface area contributed by atoms with Crippen LogP contribution in [0.25, 0.3) is 0 Å². The summed E-state index contributed by atoms with van der Waals surface area (Å²) >= 11 is 0. The third-order valence-corrected chi connectivity index (χ3v) is 3.72. The van der Waals surface area contributed by atoms with Crippen molar-refractivity contribution in [1.82, 2.24) is 10.2 Å². The Balaban J connectivity index is 1.77. The molecule has 0 atom stereocenters. The van der Waals surface area contributed by atoms with E-state index in [2.05, 4.69) is 10.6 Å². The van der Waals surface area contributed by atoms with E-state index in [-0.39, 0.29) is 30.8 Å². The van der Waals surface area contributed by atoms with Crippen LogP contribution in [0.5, 0.6) is 0 Å². The first-order valence-electron chi connectivity index (χ1n) is 8.29. The van der Waals surface area contributed by atoms with Crippen molar-refractivity contribution in [3.63, 3.8) is 0 Å². The Morgan fingerprint density at radius 1 is 1.00 bits per heavy atom. The first-order valence-corrected chi connectivity index (χ1v) is 8.29. The molecule has 0 aliphatic rings. The number of nitrogens with zero attached hydrogens (tertiary/aromatic N) is 1. The number of rotatable bonds is 7. The minimum Gasteiger partial charge on any atom is -0.351 e. The van der Waals surface area contributed by atoms with E-state index in [1.807, 2.05) is 0 Å². The molecular weight excluding hydrogens is 375 g/mol. The molecule has 0 heterocycles. The second-order valence-electron chi connectivity index (χ2n) is 5.94. The highest BCUT2D eigenvalue weighted by Gasteiger charge is 2.15. The van der Waals surface area contributed by atoms with E-state index in [0.29, 0.717) is 6.07 Å². The maximum atomic E-state index is 13.5. The molecule has 0 aliphatic heterocycles. The lowest BCUT2D eigenvalue weighted by molar-refractivity contribution is -0.133. The van der Waals surface area contributed by atoms with Crippen molar-refractivity contribution in [2.45, 2.75) is 6.42 Å². The highest BCUT2D eigenvalue weighted by Crippen LogP contribution is 2.10. The van der Waals surface area contributed by atoms with E-state index < -0.39 is 35.2 Å². The number of carbonyl (C=O) groups is 3. The zero-order valence-corrected chi connectivity index (χ0v) is 15.0. The Kier molecular flexibility index (Phi) is 7.14. The minimum atomic E-state index is -1.00. The molecule has 2 rings (SSSR count). The number of anilines is 1. The van der Waals surface area contributed by atoms with Crippen LogP contribution >= 0.6 is 0 Å². The van der Waals surface area contributed by atoms with E-state index in [9.17, 15) is 27.6 Å². The average Bonchev–Trinajstić information content (AvgIpc) is 2.61. The monoisotopic (exact) mass is 393 g/mol. The maximum Gasteiger partial charge on any atom is 0.254 e. The number of hydrogen-bond donors (Lipinski definition) is 2. The summed E-state index contributed by atoms with van der Waals surface area (Å²) < 4.78 is 39.5. The lowest BCUT2D eigenvalue weighted by atomic mass is 10.2. The third-order valence-electron chi connectivity index (χ3n) is 3.72. The van der Waals surface area contributed by atoms with Crippen molar-refractivity contribution < 1.29 is 27.6 Å². The van der Waals surface area contributed by atoms with Crippen LogP contribution in [-0.2, 0) is 9.59 Å². The van der Waals surface area contributed by atoms with Crippen molar-refractivity contribution in [2.24, 2.45) is 0 Å². The molecule has 2 aromatic carbocycles. The van der Waals surface area contributed by atoms with Gasteiger partial charge in [-0.2, -0.15) is 0 Å². The van der Waals surface area contributed by atoms with Crippen LogP contribution in [0.4, 0.5) is 18.9 Å². The summed E-state index contributed by atoms with van der Waals surface area (Å²) in [5.41, 5.74) is -0.0730. The second kappa shape index (κ2) is 9.54. The number of hydrogen-bond acceptors (Lipinski definition) is 3. The van der Waals surface area contributed by atoms with Gasteiger partial charge in [-0.1, -0.05) is 6.07 Å². The molecule has 0 aliphatic carbocycles. The number of benzene rings is 2. The van der Waals surface area contributed by atoms with Crippen molar-refractivity contribution >= 4 is 23.4 Å². The second-order valence-corrected chi connectivity index (χ2v) is 5.94. The van der Waals surface area contributed by atoms with Crippen LogP contribution < -0.4 is 10.6 Å². The highest BCUT2D eigenvalue weighted by atomic mass is 19.1. The molecule has 2 N–H and O–H groups in total. The van der Waals surface area contributed by atoms with Gasteiger partial charge in [-0.3, -0.25) is 14.4 Å². The Bertz CT molecular complexity index is 890. The van der Waals surface area contributed by atoms with E-state index in [4.69, 9.17) is 0 Å². The van der Waals surface area contributed by atoms with E-state index in [1.54, 1.807) is 0 Å². The van der Waals surface area contributed by atoms with Crippen LogP contribution in [0, 0.1) is 17.5 Å². The molecule has 0 saturated heterocycles. The predicted octanol–water partition coefficient (Wildman–Crippen LogP) is 2.32. The van der Waals surface area contributed by atoms with Gasteiger partial charge in [-0.15, -0.1) is 0 Å². The largest absolute Gasteiger partial charge is 0.351 e. The third kappa shape index (κ3) is 6.11. The number of nitrogens with one attached hydrogen (secondary N) is 2. The van der Waals surface area contributed by atoms with E-state index in [1.165, 1.54) is 25.2 Å². The summed E-state index contributed by atoms with van der Waals surface area (Å²) in [7, 11) is 1.40. The van der Waals surface area contributed by atoms with Gasteiger partial charge in [-0.05, 0) is 30.3 Å². The molecule has 28 heavy (non-hydrogen) atoms. The first kappa shape index (κ1) is 20.9. The minimum absolute atomic E-state index is 0.0929. The fourth-order valence-corrected chi connectivity index (χ4v) is 2.31. The van der Waals surface area contributed by atoms with Gasteiger partial charge < -0.3 is 15.5 Å². The van der Waals surface area contributed by atoms with Crippen molar-refractivity contribution in [3.05, 3.63) is 65.5 Å². The van der Waals surface area contributed by atoms with Crippen molar-refractivity contribution in [3.8, 4) is 0 Å². The molecule has 0 spiro atoms. The van der Waals surface area contributed by atoms with E-state index in [0.717, 1.165) is 23.1 Å². The molecule has 9 heteroatoms. The summed E-state index contributed by atoms with van der Waals surface area (Å²) in [6, 6.07) is 7.87. The van der Waals surface area contributed by atoms with Gasteiger partial charge in [0.15, 0.2) is 0 Å². The van der Waals surface area contributed by atoms with Gasteiger partial charge >= 0.3 is 0 Å². The predicted molar refractivity (Wildman–Crippen MR) is 96.0 cm³/mol. The molecule has 0 saturated carbocycles. The molecular formula is C19H18F3N3O3. The summed E-state index contributed by atoms with van der Waals surface area (Å²) in [4.78, 5) is 36.9. The molecule has 0 aromatic heterocycles. The van der Waals surface area contributed by atoms with Crippen LogP contribution in [-0.4, -0.2) is 42.8 Å². The van der Waals surface area contributed by atoms with Gasteiger partial charge in [0.2, 0.25) is 11.8 Å². The first-order chi connectivity index (χ1) is 13.3. The SMILES string of the molecule is CN(CC(=O)Nc1cccc(F)c1)C(=O)CCNC(=O)c1ccc(F)cc1F. The fourth-order valence-electron chi connectivity index (χ4n) is 2.31. The van der Waals surface area contributed by atoms with Gasteiger partial charge in [0, 0.05) is 31.8 Å². The quantitative estimate of drug-likeness (QED) is 0.758. The highest BCUT2D eigenvalue weighted by molar-refractivity contribution is 5.95. The lowest BCUT2D eigenvalue weighted by Gasteiger charge is -2.17. The Labute approximate surface area is 159 Å². The average molecular weight is 393 g/mol. The number of likely N-dealkylation sites (N-methyl/N-ethyl adjacent to an activating group) is 1. The number of halogens is 3. The van der Waals surface area contributed by atoms with Crippen molar-refractivity contribution in [2.75, 3.05) is 25.5 Å². The van der Waals surface area contributed by atoms with Gasteiger partial charge in [0.05, 0.1) is 12.1 Å². The molecule has 6 nitrogen and oxygen atoms in total. The maximum absolute atomic E-state index is 13.5. The summed E-state index contributed by atoms with van der Waals surface area (Å²) in [5, 5.41) is 4.81. The molecule has 2 aromatic rings. The summed E-state index contributed by atoms with van der Waals surface area (Å²) in [6.07, 6.45) is -0.127. The van der Waals surface area contributed by atoms with Gasteiger partial charge in [-0.25, -0.2) is 13.2 Å². The van der Waals surface area contributed by atoms with Crippen LogP contribution in [0.2, 0.25) is 0 Å². The zero-order chi connectivity index (χ0) is 20.7. The zero-order valence-electron chi connectivity index (χ0n) is 15.0. The molecule has 3 amide bonds. The van der Waals surface area contributed by atoms with E-state index >= 15 is 0 Å². The molecule has 0 unspecified atom stereocenters. The topological polar surface area (TPSA) is 78.5 Å². The Hall–Kier alpha value is -3.36. The number of carbonyl (C=O) groups excluding carboxylic acids is 3.